The molecule has 15 heavy (non-hydrogen) atoms. The second-order valence-electron chi connectivity index (χ2n) is 5.15. The summed E-state index contributed by atoms with van der Waals surface area (Å²) >= 11 is 0. The summed E-state index contributed by atoms with van der Waals surface area (Å²) in [6, 6.07) is 0.200. The largest absolute Gasteiger partial charge is 0.377 e. The van der Waals surface area contributed by atoms with Gasteiger partial charge in [-0.05, 0) is 32.1 Å². The van der Waals surface area contributed by atoms with Crippen LogP contribution in [0.2, 0.25) is 0 Å². The molecule has 1 rings (SSSR count). The summed E-state index contributed by atoms with van der Waals surface area (Å²) in [6.07, 6.45) is 9.06. The topological polar surface area (TPSA) is 35.2 Å². The van der Waals surface area contributed by atoms with Gasteiger partial charge < -0.3 is 10.5 Å². The highest BCUT2D eigenvalue weighted by Gasteiger charge is 2.35. The van der Waals surface area contributed by atoms with E-state index in [1.54, 1.807) is 7.11 Å². The van der Waals surface area contributed by atoms with Crippen molar-refractivity contribution in [1.82, 2.24) is 0 Å². The molecule has 2 heteroatoms. The Balaban J connectivity index is 2.59. The van der Waals surface area contributed by atoms with Crippen molar-refractivity contribution in [1.29, 1.82) is 0 Å². The van der Waals surface area contributed by atoms with Crippen LogP contribution >= 0.6 is 0 Å². The molecular formula is C13H27NO. The highest BCUT2D eigenvalue weighted by atomic mass is 16.5. The Hall–Kier alpha value is -0.0800. The fraction of sp³-hybridized carbons (Fsp3) is 1.00. The second kappa shape index (κ2) is 5.86. The lowest BCUT2D eigenvalue weighted by molar-refractivity contribution is -0.0356. The van der Waals surface area contributed by atoms with Crippen LogP contribution in [0.15, 0.2) is 0 Å². The van der Waals surface area contributed by atoms with E-state index < -0.39 is 0 Å². The summed E-state index contributed by atoms with van der Waals surface area (Å²) in [5.41, 5.74) is 6.26. The van der Waals surface area contributed by atoms with E-state index >= 15 is 0 Å². The fourth-order valence-electron chi connectivity index (χ4n) is 2.68. The van der Waals surface area contributed by atoms with Crippen LogP contribution in [0.5, 0.6) is 0 Å². The second-order valence-corrected chi connectivity index (χ2v) is 5.15. The summed E-state index contributed by atoms with van der Waals surface area (Å²) in [4.78, 5) is 0. The van der Waals surface area contributed by atoms with E-state index in [1.165, 1.54) is 38.5 Å². The molecule has 0 amide bonds. The van der Waals surface area contributed by atoms with Gasteiger partial charge in [0.1, 0.15) is 0 Å². The molecule has 2 nitrogen and oxygen atoms in total. The molecule has 2 N–H and O–H groups in total. The molecule has 1 aliphatic carbocycles. The van der Waals surface area contributed by atoms with E-state index in [2.05, 4.69) is 13.8 Å². The number of hydrogen-bond acceptors (Lipinski definition) is 2. The van der Waals surface area contributed by atoms with Gasteiger partial charge in [0.25, 0.3) is 0 Å². The van der Waals surface area contributed by atoms with Crippen molar-refractivity contribution >= 4 is 0 Å². The van der Waals surface area contributed by atoms with Gasteiger partial charge in [0.05, 0.1) is 5.60 Å². The Morgan fingerprint density at radius 3 is 2.20 bits per heavy atom. The van der Waals surface area contributed by atoms with E-state index in [9.17, 15) is 0 Å². The van der Waals surface area contributed by atoms with Crippen molar-refractivity contribution in [3.05, 3.63) is 0 Å². The van der Waals surface area contributed by atoms with Gasteiger partial charge in [0.15, 0.2) is 0 Å². The summed E-state index contributed by atoms with van der Waals surface area (Å²) in [5.74, 6) is 0.664. The SMILES string of the molecule is CCC(C)(OC)C(N)C1CCCCCC1. The van der Waals surface area contributed by atoms with Gasteiger partial charge in [0, 0.05) is 13.2 Å². The zero-order valence-electron chi connectivity index (χ0n) is 10.6. The van der Waals surface area contributed by atoms with Crippen molar-refractivity contribution in [2.75, 3.05) is 7.11 Å². The zero-order chi connectivity index (χ0) is 11.3. The molecule has 0 spiro atoms. The lowest BCUT2D eigenvalue weighted by atomic mass is 9.80. The minimum atomic E-state index is -0.130. The lowest BCUT2D eigenvalue weighted by Crippen LogP contribution is -2.51. The molecule has 2 unspecified atom stereocenters. The van der Waals surface area contributed by atoms with Gasteiger partial charge in [-0.15, -0.1) is 0 Å². The highest BCUT2D eigenvalue weighted by molar-refractivity contribution is 4.91. The predicted octanol–water partition coefficient (Wildman–Crippen LogP) is 3.10. The molecule has 0 aliphatic heterocycles. The number of nitrogens with two attached hydrogens (primary N) is 1. The van der Waals surface area contributed by atoms with Gasteiger partial charge in [-0.1, -0.05) is 32.6 Å². The van der Waals surface area contributed by atoms with Crippen molar-refractivity contribution in [2.24, 2.45) is 11.7 Å². The van der Waals surface area contributed by atoms with Crippen molar-refractivity contribution < 1.29 is 4.74 Å². The first-order chi connectivity index (χ1) is 7.14. The van der Waals surface area contributed by atoms with Crippen LogP contribution in [0.4, 0.5) is 0 Å². The molecule has 0 bridgehead atoms. The predicted molar refractivity (Wildman–Crippen MR) is 64.9 cm³/mol. The molecular weight excluding hydrogens is 186 g/mol. The molecule has 90 valence electrons. The van der Waals surface area contributed by atoms with Crippen LogP contribution in [0, 0.1) is 5.92 Å². The standard InChI is InChI=1S/C13H27NO/c1-4-13(2,15-3)12(14)11-9-7-5-6-8-10-11/h11-12H,4-10,14H2,1-3H3. The molecule has 0 radical (unpaired) electrons. The normalized spacial score (nSPS) is 25.6. The van der Waals surface area contributed by atoms with E-state index in [0.29, 0.717) is 5.92 Å². The van der Waals surface area contributed by atoms with Gasteiger partial charge >= 0.3 is 0 Å². The molecule has 1 fully saturated rings. The van der Waals surface area contributed by atoms with E-state index in [4.69, 9.17) is 10.5 Å². The number of ether oxygens (including phenoxy) is 1. The van der Waals surface area contributed by atoms with E-state index in [1.807, 2.05) is 0 Å². The molecule has 0 aromatic rings. The highest BCUT2D eigenvalue weighted by Crippen LogP contribution is 2.31. The summed E-state index contributed by atoms with van der Waals surface area (Å²) in [5, 5.41) is 0. The molecule has 0 aromatic heterocycles. The maximum absolute atomic E-state index is 6.39. The Morgan fingerprint density at radius 2 is 1.80 bits per heavy atom. The summed E-state index contributed by atoms with van der Waals surface area (Å²) in [6.45, 7) is 4.32. The van der Waals surface area contributed by atoms with Crippen LogP contribution in [0.25, 0.3) is 0 Å². The first-order valence-corrected chi connectivity index (χ1v) is 6.44. The average Bonchev–Trinajstić information content (AvgIpc) is 2.55. The van der Waals surface area contributed by atoms with Crippen molar-refractivity contribution in [3.63, 3.8) is 0 Å². The molecule has 1 aliphatic rings. The first-order valence-electron chi connectivity index (χ1n) is 6.44. The Labute approximate surface area is 94.6 Å². The van der Waals surface area contributed by atoms with Gasteiger partial charge in [-0.25, -0.2) is 0 Å². The van der Waals surface area contributed by atoms with E-state index in [0.717, 1.165) is 6.42 Å². The Bertz CT molecular complexity index is 169. The maximum atomic E-state index is 6.39. The monoisotopic (exact) mass is 213 g/mol. The first kappa shape index (κ1) is 13.0. The van der Waals surface area contributed by atoms with Crippen LogP contribution in [0.1, 0.15) is 58.8 Å². The summed E-state index contributed by atoms with van der Waals surface area (Å²) < 4.78 is 5.62. The minimum Gasteiger partial charge on any atom is -0.377 e. The lowest BCUT2D eigenvalue weighted by Gasteiger charge is -2.38. The van der Waals surface area contributed by atoms with Crippen molar-refractivity contribution in [3.8, 4) is 0 Å². The number of hydrogen-bond donors (Lipinski definition) is 1. The average molecular weight is 213 g/mol. The minimum absolute atomic E-state index is 0.130. The molecule has 0 saturated heterocycles. The van der Waals surface area contributed by atoms with Gasteiger partial charge in [-0.2, -0.15) is 0 Å². The third kappa shape index (κ3) is 3.18. The maximum Gasteiger partial charge on any atom is 0.0800 e. The summed E-state index contributed by atoms with van der Waals surface area (Å²) in [7, 11) is 1.79. The Morgan fingerprint density at radius 1 is 1.27 bits per heavy atom. The fourth-order valence-corrected chi connectivity index (χ4v) is 2.68. The van der Waals surface area contributed by atoms with Crippen LogP contribution in [-0.4, -0.2) is 18.8 Å². The third-order valence-corrected chi connectivity index (χ3v) is 4.28. The smallest absolute Gasteiger partial charge is 0.0800 e. The molecule has 0 heterocycles. The van der Waals surface area contributed by atoms with Crippen LogP contribution < -0.4 is 5.73 Å². The van der Waals surface area contributed by atoms with Crippen LogP contribution in [0.3, 0.4) is 0 Å². The van der Waals surface area contributed by atoms with Crippen molar-refractivity contribution in [2.45, 2.75) is 70.4 Å². The molecule has 1 saturated carbocycles. The number of rotatable bonds is 4. The molecule has 0 aromatic carbocycles. The Kier molecular flexibility index (Phi) is 5.07. The zero-order valence-corrected chi connectivity index (χ0v) is 10.6. The molecule has 2 atom stereocenters. The van der Waals surface area contributed by atoms with Crippen LogP contribution in [-0.2, 0) is 4.74 Å². The number of methoxy groups -OCH3 is 1. The van der Waals surface area contributed by atoms with Gasteiger partial charge in [0.2, 0.25) is 0 Å². The third-order valence-electron chi connectivity index (χ3n) is 4.28. The van der Waals surface area contributed by atoms with E-state index in [-0.39, 0.29) is 11.6 Å². The van der Waals surface area contributed by atoms with Gasteiger partial charge in [-0.3, -0.25) is 0 Å². The quantitative estimate of drug-likeness (QED) is 0.728.